The van der Waals surface area contributed by atoms with Crippen LogP contribution in [0.2, 0.25) is 0 Å². The van der Waals surface area contributed by atoms with Gasteiger partial charge in [0, 0.05) is 38.0 Å². The van der Waals surface area contributed by atoms with Gasteiger partial charge in [-0.2, -0.15) is 0 Å². The summed E-state index contributed by atoms with van der Waals surface area (Å²) in [5.41, 5.74) is 12.9. The third-order valence-corrected chi connectivity index (χ3v) is 12.1. The van der Waals surface area contributed by atoms with Crippen molar-refractivity contribution in [3.63, 3.8) is 0 Å². The second kappa shape index (κ2) is 10.2. The first kappa shape index (κ1) is 28.4. The van der Waals surface area contributed by atoms with Crippen LogP contribution in [0.25, 0.3) is 126 Å². The third kappa shape index (κ3) is 3.50. The number of benzene rings is 10. The summed E-state index contributed by atoms with van der Waals surface area (Å²) in [4.78, 5) is 0. The number of fused-ring (bicyclic) bond motifs is 18. The highest BCUT2D eigenvalue weighted by Crippen LogP contribution is 2.51. The lowest BCUT2D eigenvalue weighted by atomic mass is 9.89. The SMILES string of the molecule is c1ccc2c(c1)-c1cccc3c(-c4ccc(-n5c6ccccc6c6c7c8ccccc8c8ccccc8c7c7c8ccccc8oc7c65)cc4)ccc-2c13. The van der Waals surface area contributed by atoms with Crippen LogP contribution in [0.5, 0.6) is 0 Å². The second-order valence-corrected chi connectivity index (χ2v) is 14.7. The van der Waals surface area contributed by atoms with Crippen molar-refractivity contribution in [1.29, 1.82) is 0 Å². The highest BCUT2D eigenvalue weighted by Gasteiger charge is 2.26. The number of hydrogen-bond donors (Lipinski definition) is 0. The second-order valence-electron chi connectivity index (χ2n) is 14.7. The fourth-order valence-corrected chi connectivity index (χ4v) is 9.95. The van der Waals surface area contributed by atoms with Gasteiger partial charge in [-0.3, -0.25) is 0 Å². The van der Waals surface area contributed by atoms with Gasteiger partial charge in [-0.25, -0.2) is 0 Å². The molecule has 0 spiro atoms. The van der Waals surface area contributed by atoms with Crippen molar-refractivity contribution >= 4 is 86.8 Å². The van der Waals surface area contributed by atoms with Gasteiger partial charge in [0.05, 0.1) is 11.0 Å². The Labute approximate surface area is 309 Å². The minimum atomic E-state index is 0.903. The smallest absolute Gasteiger partial charge is 0.160 e. The molecule has 1 aliphatic rings. The van der Waals surface area contributed by atoms with E-state index in [1.165, 1.54) is 92.6 Å². The maximum Gasteiger partial charge on any atom is 0.160 e. The monoisotopic (exact) mass is 683 g/mol. The highest BCUT2D eigenvalue weighted by molar-refractivity contribution is 6.44. The van der Waals surface area contributed by atoms with Gasteiger partial charge in [0.25, 0.3) is 0 Å². The van der Waals surface area contributed by atoms with Gasteiger partial charge >= 0.3 is 0 Å². The molecule has 2 nitrogen and oxygen atoms in total. The predicted octanol–water partition coefficient (Wildman–Crippen LogP) is 14.6. The first-order chi connectivity index (χ1) is 26.8. The van der Waals surface area contributed by atoms with Gasteiger partial charge in [-0.1, -0.05) is 152 Å². The molecule has 0 saturated heterocycles. The first-order valence-electron chi connectivity index (χ1n) is 18.7. The minimum absolute atomic E-state index is 0.903. The van der Waals surface area contributed by atoms with E-state index in [2.05, 4.69) is 180 Å². The molecule has 0 amide bonds. The maximum atomic E-state index is 7.00. The summed E-state index contributed by atoms with van der Waals surface area (Å²) in [6.45, 7) is 0. The van der Waals surface area contributed by atoms with E-state index in [1.54, 1.807) is 0 Å². The Bertz CT molecular complexity index is 3570. The lowest BCUT2D eigenvalue weighted by molar-refractivity contribution is 0.671. The molecule has 0 radical (unpaired) electrons. The molecule has 2 heterocycles. The van der Waals surface area contributed by atoms with Gasteiger partial charge in [-0.15, -0.1) is 0 Å². The standard InChI is InChI=1S/C52H29NO/c1-2-15-36-33(12-1)38-21-11-20-37-32(28-29-41(36)46(37)38)30-24-26-31(27-25-30)53-44-22-9-7-18-42(44)49-47-39-16-5-3-13-34(39)35-14-4-6-17-40(35)48(47)50-43-19-8-10-23-45(43)54-52(50)51(49)53/h1-29H. The van der Waals surface area contributed by atoms with E-state index in [-0.39, 0.29) is 0 Å². The van der Waals surface area contributed by atoms with Gasteiger partial charge < -0.3 is 8.98 Å². The van der Waals surface area contributed by atoms with Crippen molar-refractivity contribution in [2.45, 2.75) is 0 Å². The van der Waals surface area contributed by atoms with Crippen LogP contribution in [0, 0.1) is 0 Å². The van der Waals surface area contributed by atoms with Crippen molar-refractivity contribution in [2.75, 3.05) is 0 Å². The third-order valence-electron chi connectivity index (χ3n) is 12.1. The number of rotatable bonds is 2. The molecular weight excluding hydrogens is 655 g/mol. The average Bonchev–Trinajstić information content (AvgIpc) is 3.90. The molecular formula is C52H29NO. The summed E-state index contributed by atoms with van der Waals surface area (Å²) in [5, 5.41) is 15.0. The lowest BCUT2D eigenvalue weighted by Crippen LogP contribution is -1.95. The Balaban J connectivity index is 1.14. The fraction of sp³-hybridized carbons (Fsp3) is 0. The van der Waals surface area contributed by atoms with E-state index in [4.69, 9.17) is 4.42 Å². The predicted molar refractivity (Wildman–Crippen MR) is 228 cm³/mol. The highest BCUT2D eigenvalue weighted by atomic mass is 16.3. The summed E-state index contributed by atoms with van der Waals surface area (Å²) in [5.74, 6) is 0. The zero-order valence-electron chi connectivity index (χ0n) is 29.1. The van der Waals surface area contributed by atoms with E-state index < -0.39 is 0 Å². The van der Waals surface area contributed by atoms with E-state index in [0.29, 0.717) is 0 Å². The molecule has 0 N–H and O–H groups in total. The molecule has 2 aromatic heterocycles. The Morgan fingerprint density at radius 2 is 0.852 bits per heavy atom. The summed E-state index contributed by atoms with van der Waals surface area (Å²) < 4.78 is 9.44. The summed E-state index contributed by atoms with van der Waals surface area (Å²) in [6.07, 6.45) is 0. The fourth-order valence-electron chi connectivity index (χ4n) is 9.95. The van der Waals surface area contributed by atoms with Crippen LogP contribution in [0.15, 0.2) is 180 Å². The molecule has 0 bridgehead atoms. The van der Waals surface area contributed by atoms with Gasteiger partial charge in [-0.05, 0) is 90.0 Å². The Morgan fingerprint density at radius 3 is 1.59 bits per heavy atom. The van der Waals surface area contributed by atoms with Crippen LogP contribution in [0.1, 0.15) is 0 Å². The molecule has 0 unspecified atom stereocenters. The normalized spacial score (nSPS) is 12.4. The van der Waals surface area contributed by atoms with E-state index in [1.807, 2.05) is 0 Å². The van der Waals surface area contributed by atoms with Crippen LogP contribution in [0.4, 0.5) is 0 Å². The molecule has 0 aliphatic heterocycles. The van der Waals surface area contributed by atoms with Gasteiger partial charge in [0.15, 0.2) is 5.58 Å². The van der Waals surface area contributed by atoms with Crippen LogP contribution in [0.3, 0.4) is 0 Å². The number of nitrogens with zero attached hydrogens (tertiary/aromatic N) is 1. The number of para-hydroxylation sites is 2. The summed E-state index contributed by atoms with van der Waals surface area (Å²) in [6, 6.07) is 64.5. The summed E-state index contributed by atoms with van der Waals surface area (Å²) in [7, 11) is 0. The van der Waals surface area contributed by atoms with Gasteiger partial charge in [0.2, 0.25) is 0 Å². The van der Waals surface area contributed by atoms with Crippen molar-refractivity contribution in [1.82, 2.24) is 4.57 Å². The largest absolute Gasteiger partial charge is 0.454 e. The van der Waals surface area contributed by atoms with Crippen LogP contribution in [-0.4, -0.2) is 4.57 Å². The van der Waals surface area contributed by atoms with E-state index >= 15 is 0 Å². The Hall–Kier alpha value is -7.16. The Morgan fingerprint density at radius 1 is 0.315 bits per heavy atom. The first-order valence-corrected chi connectivity index (χ1v) is 18.7. The Kier molecular flexibility index (Phi) is 5.39. The van der Waals surface area contributed by atoms with E-state index in [9.17, 15) is 0 Å². The molecule has 2 heteroatoms. The quantitative estimate of drug-likeness (QED) is 0.166. The van der Waals surface area contributed by atoms with Crippen LogP contribution < -0.4 is 0 Å². The lowest BCUT2D eigenvalue weighted by Gasteiger charge is -2.14. The van der Waals surface area contributed by atoms with Crippen LogP contribution >= 0.6 is 0 Å². The van der Waals surface area contributed by atoms with E-state index in [0.717, 1.165) is 33.3 Å². The molecule has 10 aromatic carbocycles. The molecule has 248 valence electrons. The van der Waals surface area contributed by atoms with Crippen molar-refractivity contribution in [3.05, 3.63) is 176 Å². The molecule has 0 saturated carbocycles. The number of hydrogen-bond acceptors (Lipinski definition) is 1. The molecule has 1 aliphatic carbocycles. The number of aromatic nitrogens is 1. The molecule has 12 aromatic rings. The molecule has 0 atom stereocenters. The van der Waals surface area contributed by atoms with Gasteiger partial charge in [0.1, 0.15) is 5.58 Å². The zero-order chi connectivity index (χ0) is 35.1. The topological polar surface area (TPSA) is 18.1 Å². The van der Waals surface area contributed by atoms with Crippen molar-refractivity contribution in [2.24, 2.45) is 0 Å². The molecule has 0 fully saturated rings. The number of furan rings is 1. The zero-order valence-corrected chi connectivity index (χ0v) is 29.1. The minimum Gasteiger partial charge on any atom is -0.454 e. The average molecular weight is 684 g/mol. The maximum absolute atomic E-state index is 7.00. The van der Waals surface area contributed by atoms with Crippen molar-refractivity contribution in [3.8, 4) is 39.1 Å². The van der Waals surface area contributed by atoms with Crippen LogP contribution in [-0.2, 0) is 0 Å². The van der Waals surface area contributed by atoms with Crippen molar-refractivity contribution < 1.29 is 4.42 Å². The molecule has 13 rings (SSSR count). The molecule has 54 heavy (non-hydrogen) atoms. The summed E-state index contributed by atoms with van der Waals surface area (Å²) >= 11 is 0.